The number of hydrogen-bond donors (Lipinski definition) is 1. The van der Waals surface area contributed by atoms with E-state index < -0.39 is 26.0 Å². The Morgan fingerprint density at radius 1 is 1.06 bits per heavy atom. The van der Waals surface area contributed by atoms with Crippen molar-refractivity contribution in [1.82, 2.24) is 9.62 Å². The Labute approximate surface area is 188 Å². The minimum Gasteiger partial charge on any atom is -0.296 e. The van der Waals surface area contributed by atoms with Crippen LogP contribution in [0.3, 0.4) is 0 Å². The highest BCUT2D eigenvalue weighted by Crippen LogP contribution is 2.27. The topological polar surface area (TPSA) is 104 Å². The summed E-state index contributed by atoms with van der Waals surface area (Å²) in [5, 5.41) is 0. The number of nitrogens with zero attached hydrogens (tertiary/aromatic N) is 2. The standard InChI is InChI=1S/C21H26FN3O5S2/c1-3-24(4-2)20(16-5-7-17(22)8-6-16)15-23-32(29,30)19-11-9-18(10-12-19)25-21(26)13-14-31(25,27)28/h5-12,20,23H,3-4,13-15H2,1-2H3. The highest BCUT2D eigenvalue weighted by Gasteiger charge is 2.36. The molecule has 32 heavy (non-hydrogen) atoms. The Hall–Kier alpha value is -2.34. The van der Waals surface area contributed by atoms with Crippen LogP contribution < -0.4 is 9.03 Å². The number of sulfonamides is 2. The maximum absolute atomic E-state index is 13.3. The lowest BCUT2D eigenvalue weighted by atomic mass is 10.1. The van der Waals surface area contributed by atoms with E-state index in [4.69, 9.17) is 0 Å². The number of carbonyl (C=O) groups excluding carboxylic acids is 1. The molecule has 1 aliphatic rings. The smallest absolute Gasteiger partial charge is 0.242 e. The third kappa shape index (κ3) is 5.17. The fourth-order valence-electron chi connectivity index (χ4n) is 3.71. The van der Waals surface area contributed by atoms with Crippen LogP contribution in [0.5, 0.6) is 0 Å². The number of benzene rings is 2. The SMILES string of the molecule is CCN(CC)C(CNS(=O)(=O)c1ccc(N2C(=O)CCS2(=O)=O)cc1)c1ccc(F)cc1. The van der Waals surface area contributed by atoms with E-state index in [2.05, 4.69) is 9.62 Å². The van der Waals surface area contributed by atoms with Crippen molar-refractivity contribution in [2.24, 2.45) is 0 Å². The number of carbonyl (C=O) groups is 1. The molecule has 0 spiro atoms. The van der Waals surface area contributed by atoms with Crippen LogP contribution in [-0.4, -0.2) is 53.0 Å². The molecule has 1 saturated heterocycles. The molecule has 1 N–H and O–H groups in total. The number of rotatable bonds is 9. The van der Waals surface area contributed by atoms with Gasteiger partial charge in [0.1, 0.15) is 5.82 Å². The number of likely N-dealkylation sites (N-methyl/N-ethyl adjacent to an activating group) is 1. The minimum absolute atomic E-state index is 0.0531. The lowest BCUT2D eigenvalue weighted by molar-refractivity contribution is -0.116. The van der Waals surface area contributed by atoms with Crippen LogP contribution in [0.2, 0.25) is 0 Å². The molecule has 1 aliphatic heterocycles. The fourth-order valence-corrected chi connectivity index (χ4v) is 6.21. The van der Waals surface area contributed by atoms with Crippen molar-refractivity contribution in [2.75, 3.05) is 29.7 Å². The Balaban J connectivity index is 1.79. The van der Waals surface area contributed by atoms with E-state index in [1.165, 1.54) is 36.4 Å². The zero-order chi connectivity index (χ0) is 23.5. The van der Waals surface area contributed by atoms with Gasteiger partial charge in [-0.2, -0.15) is 0 Å². The van der Waals surface area contributed by atoms with E-state index in [0.717, 1.165) is 5.56 Å². The van der Waals surface area contributed by atoms with E-state index in [1.807, 2.05) is 13.8 Å². The molecule has 3 rings (SSSR count). The van der Waals surface area contributed by atoms with Crippen LogP contribution in [0.25, 0.3) is 0 Å². The molecule has 0 aliphatic carbocycles. The molecule has 174 valence electrons. The third-order valence-corrected chi connectivity index (χ3v) is 8.57. The van der Waals surface area contributed by atoms with Crippen molar-refractivity contribution in [1.29, 1.82) is 0 Å². The summed E-state index contributed by atoms with van der Waals surface area (Å²) in [6, 6.07) is 10.8. The first-order chi connectivity index (χ1) is 15.1. The fraction of sp³-hybridized carbons (Fsp3) is 0.381. The Bertz CT molecular complexity index is 1160. The van der Waals surface area contributed by atoms with Gasteiger partial charge in [0.15, 0.2) is 0 Å². The molecule has 2 aromatic rings. The molecule has 1 atom stereocenters. The molecule has 0 saturated carbocycles. The highest BCUT2D eigenvalue weighted by molar-refractivity contribution is 7.94. The van der Waals surface area contributed by atoms with Gasteiger partial charge >= 0.3 is 0 Å². The molecule has 8 nitrogen and oxygen atoms in total. The van der Waals surface area contributed by atoms with Gasteiger partial charge in [-0.3, -0.25) is 9.69 Å². The zero-order valence-electron chi connectivity index (χ0n) is 17.9. The number of hydrogen-bond acceptors (Lipinski definition) is 6. The first-order valence-electron chi connectivity index (χ1n) is 10.2. The summed E-state index contributed by atoms with van der Waals surface area (Å²) in [6.07, 6.45) is -0.0972. The van der Waals surface area contributed by atoms with Crippen molar-refractivity contribution >= 4 is 31.6 Å². The van der Waals surface area contributed by atoms with Crippen LogP contribution in [0.4, 0.5) is 10.1 Å². The summed E-state index contributed by atoms with van der Waals surface area (Å²) in [5.74, 6) is -1.17. The lowest BCUT2D eigenvalue weighted by Crippen LogP contribution is -2.38. The number of nitrogens with one attached hydrogen (secondary N) is 1. The van der Waals surface area contributed by atoms with Gasteiger partial charge in [0, 0.05) is 19.0 Å². The molecule has 1 amide bonds. The van der Waals surface area contributed by atoms with E-state index in [-0.39, 0.29) is 41.2 Å². The zero-order valence-corrected chi connectivity index (χ0v) is 19.5. The predicted molar refractivity (Wildman–Crippen MR) is 120 cm³/mol. The van der Waals surface area contributed by atoms with Gasteiger partial charge in [0.05, 0.1) is 16.3 Å². The monoisotopic (exact) mass is 483 g/mol. The number of amides is 1. The van der Waals surface area contributed by atoms with Crippen LogP contribution in [0.15, 0.2) is 53.4 Å². The lowest BCUT2D eigenvalue weighted by Gasteiger charge is -2.30. The Morgan fingerprint density at radius 2 is 1.66 bits per heavy atom. The predicted octanol–water partition coefficient (Wildman–Crippen LogP) is 2.25. The molecule has 0 aromatic heterocycles. The highest BCUT2D eigenvalue weighted by atomic mass is 32.2. The van der Waals surface area contributed by atoms with E-state index >= 15 is 0 Å². The first-order valence-corrected chi connectivity index (χ1v) is 13.3. The van der Waals surface area contributed by atoms with Crippen molar-refractivity contribution in [3.8, 4) is 0 Å². The van der Waals surface area contributed by atoms with Gasteiger partial charge in [-0.25, -0.2) is 30.3 Å². The molecule has 1 unspecified atom stereocenters. The van der Waals surface area contributed by atoms with E-state index in [9.17, 15) is 26.0 Å². The molecular formula is C21H26FN3O5S2. The minimum atomic E-state index is -3.91. The van der Waals surface area contributed by atoms with E-state index in [1.54, 1.807) is 12.1 Å². The van der Waals surface area contributed by atoms with Crippen LogP contribution in [-0.2, 0) is 24.8 Å². The molecule has 0 radical (unpaired) electrons. The van der Waals surface area contributed by atoms with Gasteiger partial charge < -0.3 is 0 Å². The molecule has 1 fully saturated rings. The maximum atomic E-state index is 13.3. The van der Waals surface area contributed by atoms with Crippen LogP contribution >= 0.6 is 0 Å². The van der Waals surface area contributed by atoms with Crippen molar-refractivity contribution in [3.63, 3.8) is 0 Å². The molecule has 0 bridgehead atoms. The second-order valence-corrected chi connectivity index (χ2v) is 11.1. The second kappa shape index (κ2) is 9.65. The molecule has 2 aromatic carbocycles. The summed E-state index contributed by atoms with van der Waals surface area (Å²) in [4.78, 5) is 13.9. The van der Waals surface area contributed by atoms with Gasteiger partial charge in [-0.1, -0.05) is 26.0 Å². The first kappa shape index (κ1) is 24.3. The van der Waals surface area contributed by atoms with Crippen molar-refractivity contribution in [3.05, 3.63) is 59.9 Å². The quantitative estimate of drug-likeness (QED) is 0.587. The van der Waals surface area contributed by atoms with Crippen molar-refractivity contribution in [2.45, 2.75) is 31.2 Å². The van der Waals surface area contributed by atoms with Crippen LogP contribution in [0.1, 0.15) is 31.9 Å². The van der Waals surface area contributed by atoms with Gasteiger partial charge in [0.25, 0.3) is 0 Å². The molecule has 11 heteroatoms. The maximum Gasteiger partial charge on any atom is 0.242 e. The van der Waals surface area contributed by atoms with E-state index in [0.29, 0.717) is 17.4 Å². The molecule has 1 heterocycles. The normalized spacial score (nSPS) is 17.1. The van der Waals surface area contributed by atoms with Crippen molar-refractivity contribution < 1.29 is 26.0 Å². The Morgan fingerprint density at radius 3 is 2.16 bits per heavy atom. The number of anilines is 1. The van der Waals surface area contributed by atoms with Crippen LogP contribution in [0, 0.1) is 5.82 Å². The van der Waals surface area contributed by atoms with Gasteiger partial charge in [-0.05, 0) is 55.1 Å². The summed E-state index contributed by atoms with van der Waals surface area (Å²) >= 11 is 0. The number of halogens is 1. The average molecular weight is 484 g/mol. The molecular weight excluding hydrogens is 457 g/mol. The summed E-state index contributed by atoms with van der Waals surface area (Å²) in [7, 11) is -7.63. The summed E-state index contributed by atoms with van der Waals surface area (Å²) in [6.45, 7) is 5.33. The summed E-state index contributed by atoms with van der Waals surface area (Å²) in [5.41, 5.74) is 0.893. The van der Waals surface area contributed by atoms with Gasteiger partial charge in [0.2, 0.25) is 26.0 Å². The summed E-state index contributed by atoms with van der Waals surface area (Å²) < 4.78 is 66.5. The Kier molecular flexibility index (Phi) is 7.33. The largest absolute Gasteiger partial charge is 0.296 e. The van der Waals surface area contributed by atoms with Gasteiger partial charge in [-0.15, -0.1) is 0 Å². The third-order valence-electron chi connectivity index (χ3n) is 5.43. The second-order valence-electron chi connectivity index (χ2n) is 7.36. The average Bonchev–Trinajstić information content (AvgIpc) is 3.04.